The molecule has 2 heterocycles. The quantitative estimate of drug-likeness (QED) is 0.594. The maximum atomic E-state index is 5.55. The monoisotopic (exact) mass is 178 g/mol. The number of rotatable bonds is 2. The Morgan fingerprint density at radius 1 is 1.46 bits per heavy atom. The van der Waals surface area contributed by atoms with E-state index < -0.39 is 0 Å². The summed E-state index contributed by atoms with van der Waals surface area (Å²) in [6, 6.07) is 6.62. The van der Waals surface area contributed by atoms with Gasteiger partial charge in [0.1, 0.15) is 0 Å². The van der Waals surface area contributed by atoms with Crippen molar-refractivity contribution in [1.82, 2.24) is 15.8 Å². The Morgan fingerprint density at radius 2 is 2.38 bits per heavy atom. The largest absolute Gasteiger partial charge is 0.329 e. The Hall–Kier alpha value is -0.970. The molecule has 1 fully saturated rings. The lowest BCUT2D eigenvalue weighted by molar-refractivity contribution is 0.542. The molecule has 4 N–H and O–H groups in total. The lowest BCUT2D eigenvalue weighted by Crippen LogP contribution is -2.35. The molecule has 0 aromatic carbocycles. The van der Waals surface area contributed by atoms with Crippen LogP contribution in [0.4, 0.5) is 0 Å². The van der Waals surface area contributed by atoms with Gasteiger partial charge in [0.2, 0.25) is 0 Å². The molecule has 1 aromatic rings. The number of hydrogen-bond acceptors (Lipinski definition) is 4. The first-order valence-electron chi connectivity index (χ1n) is 4.52. The van der Waals surface area contributed by atoms with E-state index in [0.29, 0.717) is 18.6 Å². The first-order chi connectivity index (χ1) is 6.40. The van der Waals surface area contributed by atoms with Gasteiger partial charge in [-0.1, -0.05) is 6.07 Å². The Labute approximate surface area is 77.5 Å². The van der Waals surface area contributed by atoms with Crippen LogP contribution in [0.2, 0.25) is 0 Å². The number of hydrazine groups is 1. The molecular formula is C9H14N4. The maximum Gasteiger partial charge on any atom is 0.0650 e. The van der Waals surface area contributed by atoms with E-state index in [1.54, 1.807) is 0 Å². The second-order valence-corrected chi connectivity index (χ2v) is 3.26. The molecule has 4 heteroatoms. The Bertz CT molecular complexity index is 262. The molecule has 1 aliphatic heterocycles. The summed E-state index contributed by atoms with van der Waals surface area (Å²) in [5.41, 5.74) is 12.9. The minimum Gasteiger partial charge on any atom is -0.329 e. The van der Waals surface area contributed by atoms with E-state index in [2.05, 4.69) is 15.8 Å². The average Bonchev–Trinajstić information content (AvgIpc) is 2.67. The van der Waals surface area contributed by atoms with Gasteiger partial charge >= 0.3 is 0 Å². The number of aromatic nitrogens is 1. The third-order valence-electron chi connectivity index (χ3n) is 2.31. The summed E-state index contributed by atoms with van der Waals surface area (Å²) in [6.07, 6.45) is 2.82. The second kappa shape index (κ2) is 3.83. The number of nitrogens with zero attached hydrogens (tertiary/aromatic N) is 1. The molecule has 0 amide bonds. The fraction of sp³-hybridized carbons (Fsp3) is 0.444. The SMILES string of the molecule is NCC1CC(c2ccccn2)NN1. The van der Waals surface area contributed by atoms with Crippen molar-refractivity contribution in [1.29, 1.82) is 0 Å². The molecule has 2 atom stereocenters. The topological polar surface area (TPSA) is 63.0 Å². The maximum absolute atomic E-state index is 5.55. The zero-order valence-electron chi connectivity index (χ0n) is 7.40. The first kappa shape index (κ1) is 8.62. The summed E-state index contributed by atoms with van der Waals surface area (Å²) in [5, 5.41) is 0. The standard InChI is InChI=1S/C9H14N4/c10-6-7-5-9(13-12-7)8-3-1-2-4-11-8/h1-4,7,9,12-13H,5-6,10H2. The number of hydrogen-bond donors (Lipinski definition) is 3. The van der Waals surface area contributed by atoms with Crippen molar-refractivity contribution >= 4 is 0 Å². The van der Waals surface area contributed by atoms with Gasteiger partial charge in [0.05, 0.1) is 11.7 Å². The predicted octanol–water partition coefficient (Wildman–Crippen LogP) is -0.0521. The molecule has 0 spiro atoms. The zero-order valence-corrected chi connectivity index (χ0v) is 7.40. The van der Waals surface area contributed by atoms with Gasteiger partial charge in [-0.2, -0.15) is 0 Å². The van der Waals surface area contributed by atoms with E-state index in [9.17, 15) is 0 Å². The molecule has 13 heavy (non-hydrogen) atoms. The highest BCUT2D eigenvalue weighted by atomic mass is 15.4. The molecule has 4 nitrogen and oxygen atoms in total. The molecular weight excluding hydrogens is 164 g/mol. The van der Waals surface area contributed by atoms with Crippen molar-refractivity contribution in [3.05, 3.63) is 30.1 Å². The smallest absolute Gasteiger partial charge is 0.0650 e. The number of nitrogens with one attached hydrogen (secondary N) is 2. The van der Waals surface area contributed by atoms with Crippen LogP contribution in [0.1, 0.15) is 18.2 Å². The third-order valence-corrected chi connectivity index (χ3v) is 2.31. The fourth-order valence-corrected chi connectivity index (χ4v) is 1.55. The van der Waals surface area contributed by atoms with Gasteiger partial charge in [0.25, 0.3) is 0 Å². The van der Waals surface area contributed by atoms with Gasteiger partial charge in [-0.05, 0) is 18.6 Å². The van der Waals surface area contributed by atoms with Crippen LogP contribution in [-0.2, 0) is 0 Å². The third kappa shape index (κ3) is 1.85. The molecule has 0 bridgehead atoms. The van der Waals surface area contributed by atoms with Gasteiger partial charge < -0.3 is 5.73 Å². The van der Waals surface area contributed by atoms with Crippen LogP contribution in [-0.4, -0.2) is 17.6 Å². The van der Waals surface area contributed by atoms with E-state index in [1.165, 1.54) is 0 Å². The van der Waals surface area contributed by atoms with Crippen molar-refractivity contribution in [3.8, 4) is 0 Å². The molecule has 1 saturated heterocycles. The minimum absolute atomic E-state index is 0.301. The van der Waals surface area contributed by atoms with E-state index in [4.69, 9.17) is 5.73 Å². The highest BCUT2D eigenvalue weighted by Gasteiger charge is 2.24. The van der Waals surface area contributed by atoms with Crippen molar-refractivity contribution in [2.45, 2.75) is 18.5 Å². The van der Waals surface area contributed by atoms with Crippen molar-refractivity contribution in [2.24, 2.45) is 5.73 Å². The van der Waals surface area contributed by atoms with Crippen molar-refractivity contribution in [2.75, 3.05) is 6.54 Å². The molecule has 0 saturated carbocycles. The molecule has 2 rings (SSSR count). The van der Waals surface area contributed by atoms with Crippen LogP contribution in [0, 0.1) is 0 Å². The van der Waals surface area contributed by atoms with Gasteiger partial charge in [-0.25, -0.2) is 5.43 Å². The highest BCUT2D eigenvalue weighted by Crippen LogP contribution is 2.18. The van der Waals surface area contributed by atoms with Gasteiger partial charge in [0.15, 0.2) is 0 Å². The number of pyridine rings is 1. The second-order valence-electron chi connectivity index (χ2n) is 3.26. The molecule has 1 aromatic heterocycles. The fourth-order valence-electron chi connectivity index (χ4n) is 1.55. The van der Waals surface area contributed by atoms with Crippen LogP contribution in [0.5, 0.6) is 0 Å². The molecule has 70 valence electrons. The number of nitrogens with two attached hydrogens (primary N) is 1. The zero-order chi connectivity index (χ0) is 9.10. The molecule has 2 unspecified atom stereocenters. The van der Waals surface area contributed by atoms with Crippen LogP contribution < -0.4 is 16.6 Å². The van der Waals surface area contributed by atoms with Crippen LogP contribution in [0.3, 0.4) is 0 Å². The van der Waals surface area contributed by atoms with Crippen LogP contribution in [0.25, 0.3) is 0 Å². The molecule has 1 aliphatic rings. The van der Waals surface area contributed by atoms with E-state index >= 15 is 0 Å². The molecule has 0 radical (unpaired) electrons. The summed E-state index contributed by atoms with van der Waals surface area (Å²) < 4.78 is 0. The highest BCUT2D eigenvalue weighted by molar-refractivity contribution is 5.10. The first-order valence-corrected chi connectivity index (χ1v) is 4.52. The summed E-state index contributed by atoms with van der Waals surface area (Å²) in [6.45, 7) is 0.663. The normalized spacial score (nSPS) is 27.8. The van der Waals surface area contributed by atoms with Gasteiger partial charge in [0, 0.05) is 18.8 Å². The predicted molar refractivity (Wildman–Crippen MR) is 50.7 cm³/mol. The van der Waals surface area contributed by atoms with Crippen molar-refractivity contribution < 1.29 is 0 Å². The summed E-state index contributed by atoms with van der Waals surface area (Å²) >= 11 is 0. The Morgan fingerprint density at radius 3 is 3.00 bits per heavy atom. The minimum atomic E-state index is 0.301. The van der Waals surface area contributed by atoms with Gasteiger partial charge in [-0.15, -0.1) is 0 Å². The van der Waals surface area contributed by atoms with E-state index in [-0.39, 0.29) is 0 Å². The Balaban J connectivity index is 2.04. The lowest BCUT2D eigenvalue weighted by Gasteiger charge is -2.07. The van der Waals surface area contributed by atoms with Crippen LogP contribution in [0.15, 0.2) is 24.4 Å². The van der Waals surface area contributed by atoms with E-state index in [0.717, 1.165) is 12.1 Å². The summed E-state index contributed by atoms with van der Waals surface area (Å²) in [4.78, 5) is 4.29. The Kier molecular flexibility index (Phi) is 2.54. The average molecular weight is 178 g/mol. The molecule has 0 aliphatic carbocycles. The van der Waals surface area contributed by atoms with Crippen LogP contribution >= 0.6 is 0 Å². The van der Waals surface area contributed by atoms with Gasteiger partial charge in [-0.3, -0.25) is 10.4 Å². The lowest BCUT2D eigenvalue weighted by atomic mass is 10.1. The van der Waals surface area contributed by atoms with Crippen molar-refractivity contribution in [3.63, 3.8) is 0 Å². The summed E-state index contributed by atoms with van der Waals surface area (Å²) in [7, 11) is 0. The summed E-state index contributed by atoms with van der Waals surface area (Å²) in [5.74, 6) is 0. The van der Waals surface area contributed by atoms with E-state index in [1.807, 2.05) is 24.4 Å².